The Morgan fingerprint density at radius 3 is 1.39 bits per heavy atom. The molecule has 0 aliphatic heterocycles. The molecule has 0 fully saturated rings. The molecule has 0 atom stereocenters. The summed E-state index contributed by atoms with van der Waals surface area (Å²) in [5.74, 6) is 0. The molecule has 1 heterocycles. The molecular formula is C67H45NO. The Morgan fingerprint density at radius 2 is 0.710 bits per heavy atom. The van der Waals surface area contributed by atoms with Crippen LogP contribution in [0.1, 0.15) is 22.3 Å². The predicted octanol–water partition coefficient (Wildman–Crippen LogP) is 18.1. The molecular weight excluding hydrogens is 835 g/mol. The second-order valence-corrected chi connectivity index (χ2v) is 18.0. The lowest BCUT2D eigenvalue weighted by molar-refractivity contribution is 0.669. The number of benzene rings is 11. The van der Waals surface area contributed by atoms with Crippen LogP contribution in [-0.4, -0.2) is 0 Å². The molecule has 0 saturated heterocycles. The van der Waals surface area contributed by atoms with Crippen LogP contribution in [0.4, 0.5) is 17.1 Å². The zero-order valence-corrected chi connectivity index (χ0v) is 37.8. The highest BCUT2D eigenvalue weighted by Gasteiger charge is 2.46. The first-order valence-electron chi connectivity index (χ1n) is 23.7. The third-order valence-electron chi connectivity index (χ3n) is 14.1. The molecule has 0 saturated carbocycles. The number of rotatable bonds is 9. The molecule has 1 aliphatic rings. The normalized spacial score (nSPS) is 12.5. The number of anilines is 3. The highest BCUT2D eigenvalue weighted by atomic mass is 16.3. The Morgan fingerprint density at radius 1 is 0.275 bits per heavy atom. The fraction of sp³-hybridized carbons (Fsp3) is 0.0149. The minimum absolute atomic E-state index is 0.486. The summed E-state index contributed by atoms with van der Waals surface area (Å²) in [5, 5.41) is 2.24. The summed E-state index contributed by atoms with van der Waals surface area (Å²) < 4.78 is 6.24. The summed E-state index contributed by atoms with van der Waals surface area (Å²) in [6.07, 6.45) is 0. The Kier molecular flexibility index (Phi) is 9.77. The Labute approximate surface area is 402 Å². The molecule has 0 unspecified atom stereocenters. The summed E-state index contributed by atoms with van der Waals surface area (Å²) >= 11 is 0. The van der Waals surface area contributed by atoms with Crippen LogP contribution in [0, 0.1) is 0 Å². The molecule has 1 aliphatic carbocycles. The Hall–Kier alpha value is -8.98. The van der Waals surface area contributed by atoms with Crippen LogP contribution >= 0.6 is 0 Å². The molecule has 324 valence electrons. The van der Waals surface area contributed by atoms with Gasteiger partial charge >= 0.3 is 0 Å². The van der Waals surface area contributed by atoms with Gasteiger partial charge in [-0.1, -0.05) is 218 Å². The van der Waals surface area contributed by atoms with Crippen LogP contribution in [0.5, 0.6) is 0 Å². The molecule has 0 spiro atoms. The van der Waals surface area contributed by atoms with Gasteiger partial charge in [-0.3, -0.25) is 0 Å². The number of nitrogens with zero attached hydrogens (tertiary/aromatic N) is 1. The fourth-order valence-electron chi connectivity index (χ4n) is 11.0. The highest BCUT2D eigenvalue weighted by molar-refractivity contribution is 6.06. The summed E-state index contributed by atoms with van der Waals surface area (Å²) in [7, 11) is 0. The Bertz CT molecular complexity index is 3790. The van der Waals surface area contributed by atoms with E-state index in [1.165, 1.54) is 55.6 Å². The number of hydrogen-bond acceptors (Lipinski definition) is 2. The van der Waals surface area contributed by atoms with Crippen LogP contribution in [0.15, 0.2) is 277 Å². The van der Waals surface area contributed by atoms with Gasteiger partial charge in [-0.25, -0.2) is 0 Å². The number of para-hydroxylation sites is 1. The summed E-state index contributed by atoms with van der Waals surface area (Å²) in [6, 6.07) is 99.4. The summed E-state index contributed by atoms with van der Waals surface area (Å²) in [6.45, 7) is 0. The third-order valence-corrected chi connectivity index (χ3v) is 14.1. The van der Waals surface area contributed by atoms with Gasteiger partial charge in [-0.15, -0.1) is 0 Å². The van der Waals surface area contributed by atoms with Crippen molar-refractivity contribution in [3.63, 3.8) is 0 Å². The zero-order chi connectivity index (χ0) is 45.7. The van der Waals surface area contributed by atoms with Crippen molar-refractivity contribution < 1.29 is 4.42 Å². The van der Waals surface area contributed by atoms with Crippen LogP contribution < -0.4 is 4.90 Å². The van der Waals surface area contributed by atoms with E-state index in [9.17, 15) is 0 Å². The van der Waals surface area contributed by atoms with E-state index >= 15 is 0 Å². The van der Waals surface area contributed by atoms with Gasteiger partial charge in [0.05, 0.1) is 5.41 Å². The maximum atomic E-state index is 6.24. The topological polar surface area (TPSA) is 16.4 Å². The zero-order valence-electron chi connectivity index (χ0n) is 37.8. The monoisotopic (exact) mass is 879 g/mol. The first-order valence-corrected chi connectivity index (χ1v) is 23.7. The Balaban J connectivity index is 0.975. The van der Waals surface area contributed by atoms with E-state index in [1.54, 1.807) is 0 Å². The van der Waals surface area contributed by atoms with Gasteiger partial charge in [0.1, 0.15) is 11.2 Å². The molecule has 0 bridgehead atoms. The molecule has 69 heavy (non-hydrogen) atoms. The minimum atomic E-state index is -0.486. The van der Waals surface area contributed by atoms with Crippen molar-refractivity contribution in [3.05, 3.63) is 295 Å². The fourth-order valence-corrected chi connectivity index (χ4v) is 11.0. The molecule has 2 heteroatoms. The standard InChI is InChI=1S/C67H45NO/c1-4-18-46(19-5-1)47-36-38-48(39-37-47)49-20-14-27-55(42-49)68(56-28-15-21-50(43-56)51-40-41-65-61(45-51)59-30-11-13-35-64(59)69-65)57-29-16-22-52(44-57)58-32-17-34-63-66(58)60-31-10-12-33-62(60)67(63,53-23-6-2-7-24-53)54-25-8-3-9-26-54/h1-45H. The smallest absolute Gasteiger partial charge is 0.135 e. The van der Waals surface area contributed by atoms with Crippen LogP contribution in [-0.2, 0) is 5.41 Å². The van der Waals surface area contributed by atoms with Crippen LogP contribution in [0.2, 0.25) is 0 Å². The van der Waals surface area contributed by atoms with Crippen molar-refractivity contribution >= 4 is 39.0 Å². The van der Waals surface area contributed by atoms with E-state index in [0.717, 1.165) is 61.3 Å². The number of hydrogen-bond donors (Lipinski definition) is 0. The van der Waals surface area contributed by atoms with Crippen molar-refractivity contribution in [3.8, 4) is 55.6 Å². The molecule has 13 rings (SSSR count). The quantitative estimate of drug-likeness (QED) is 0.144. The van der Waals surface area contributed by atoms with Gasteiger partial charge in [0.25, 0.3) is 0 Å². The van der Waals surface area contributed by atoms with Gasteiger partial charge in [-0.2, -0.15) is 0 Å². The maximum Gasteiger partial charge on any atom is 0.135 e. The second kappa shape index (κ2) is 16.7. The first kappa shape index (κ1) is 40.3. The second-order valence-electron chi connectivity index (χ2n) is 18.0. The molecule has 12 aromatic rings. The van der Waals surface area contributed by atoms with Crippen molar-refractivity contribution in [2.75, 3.05) is 4.90 Å². The van der Waals surface area contributed by atoms with Crippen molar-refractivity contribution in [1.29, 1.82) is 0 Å². The van der Waals surface area contributed by atoms with Gasteiger partial charge in [0.15, 0.2) is 0 Å². The van der Waals surface area contributed by atoms with Gasteiger partial charge in [-0.05, 0) is 132 Å². The summed E-state index contributed by atoms with van der Waals surface area (Å²) in [4.78, 5) is 2.41. The van der Waals surface area contributed by atoms with Crippen molar-refractivity contribution in [1.82, 2.24) is 0 Å². The average Bonchev–Trinajstić information content (AvgIpc) is 3.96. The molecule has 11 aromatic carbocycles. The van der Waals surface area contributed by atoms with E-state index in [-0.39, 0.29) is 0 Å². The highest BCUT2D eigenvalue weighted by Crippen LogP contribution is 2.58. The van der Waals surface area contributed by atoms with E-state index in [0.29, 0.717) is 0 Å². The largest absolute Gasteiger partial charge is 0.456 e. The molecule has 0 N–H and O–H groups in total. The summed E-state index contributed by atoms with van der Waals surface area (Å²) in [5.41, 5.74) is 21.5. The van der Waals surface area contributed by atoms with Crippen molar-refractivity contribution in [2.24, 2.45) is 0 Å². The van der Waals surface area contributed by atoms with Crippen LogP contribution in [0.25, 0.3) is 77.6 Å². The number of fused-ring (bicyclic) bond motifs is 6. The van der Waals surface area contributed by atoms with Gasteiger partial charge in [0, 0.05) is 27.8 Å². The molecule has 2 nitrogen and oxygen atoms in total. The first-order chi connectivity index (χ1) is 34.2. The molecule has 0 amide bonds. The van der Waals surface area contributed by atoms with Crippen molar-refractivity contribution in [2.45, 2.75) is 5.41 Å². The van der Waals surface area contributed by atoms with Crippen LogP contribution in [0.3, 0.4) is 0 Å². The predicted molar refractivity (Wildman–Crippen MR) is 287 cm³/mol. The molecule has 0 radical (unpaired) electrons. The third kappa shape index (κ3) is 6.80. The van der Waals surface area contributed by atoms with Gasteiger partial charge < -0.3 is 9.32 Å². The van der Waals surface area contributed by atoms with E-state index in [1.807, 2.05) is 12.1 Å². The number of furan rings is 1. The van der Waals surface area contributed by atoms with E-state index < -0.39 is 5.41 Å². The lowest BCUT2D eigenvalue weighted by Crippen LogP contribution is -2.28. The molecule has 1 aromatic heterocycles. The van der Waals surface area contributed by atoms with E-state index in [4.69, 9.17) is 4.42 Å². The minimum Gasteiger partial charge on any atom is -0.456 e. The lowest BCUT2D eigenvalue weighted by Gasteiger charge is -2.34. The SMILES string of the molecule is c1ccc(-c2ccc(-c3cccc(N(c4cccc(-c5ccc6oc7ccccc7c6c5)c4)c4cccc(-c5cccc6c5-c5ccccc5C6(c5ccccc5)c5ccccc5)c4)c3)cc2)cc1. The maximum absolute atomic E-state index is 6.24. The average molecular weight is 880 g/mol. The van der Waals surface area contributed by atoms with Gasteiger partial charge in [0.2, 0.25) is 0 Å². The lowest BCUT2D eigenvalue weighted by atomic mass is 9.67. The van der Waals surface area contributed by atoms with E-state index in [2.05, 4.69) is 266 Å².